The van der Waals surface area contributed by atoms with E-state index in [1.165, 1.54) is 12.1 Å². The fourth-order valence-electron chi connectivity index (χ4n) is 1.72. The molecule has 1 aromatic carbocycles. The summed E-state index contributed by atoms with van der Waals surface area (Å²) in [5.41, 5.74) is 0.642. The van der Waals surface area contributed by atoms with E-state index in [-0.39, 0.29) is 16.7 Å². The maximum atomic E-state index is 12.1. The van der Waals surface area contributed by atoms with E-state index in [1.807, 2.05) is 13.8 Å². The van der Waals surface area contributed by atoms with E-state index < -0.39 is 9.84 Å². The highest BCUT2D eigenvalue weighted by molar-refractivity contribution is 7.95. The molecular weight excluding hydrogens is 238 g/mol. The summed E-state index contributed by atoms with van der Waals surface area (Å²) in [6, 6.07) is 4.63. The zero-order chi connectivity index (χ0) is 12.6. The van der Waals surface area contributed by atoms with Crippen molar-refractivity contribution in [3.8, 4) is 5.75 Å². The largest absolute Gasteiger partial charge is 0.508 e. The molecule has 2 N–H and O–H groups in total. The summed E-state index contributed by atoms with van der Waals surface area (Å²) >= 11 is 0. The van der Waals surface area contributed by atoms with Gasteiger partial charge in [0.05, 0.1) is 9.80 Å². The van der Waals surface area contributed by atoms with Crippen LogP contribution in [0.5, 0.6) is 5.75 Å². The van der Waals surface area contributed by atoms with E-state index in [2.05, 4.69) is 5.32 Å². The Balaban J connectivity index is 2.36. The first-order valence-electron chi connectivity index (χ1n) is 5.43. The van der Waals surface area contributed by atoms with Gasteiger partial charge in [-0.25, -0.2) is 8.42 Å². The molecule has 0 atom stereocenters. The lowest BCUT2D eigenvalue weighted by atomic mass is 10.2. The van der Waals surface area contributed by atoms with Gasteiger partial charge in [0.1, 0.15) is 5.75 Å². The van der Waals surface area contributed by atoms with Crippen LogP contribution < -0.4 is 5.32 Å². The van der Waals surface area contributed by atoms with E-state index in [0.717, 1.165) is 0 Å². The topological polar surface area (TPSA) is 66.4 Å². The van der Waals surface area contributed by atoms with E-state index in [0.29, 0.717) is 17.0 Å². The average molecular weight is 253 g/mol. The molecule has 17 heavy (non-hydrogen) atoms. The molecule has 4 nitrogen and oxygen atoms in total. The fourth-order valence-corrected chi connectivity index (χ4v) is 3.27. The number of hydrogen-bond acceptors (Lipinski definition) is 4. The van der Waals surface area contributed by atoms with Gasteiger partial charge >= 0.3 is 0 Å². The van der Waals surface area contributed by atoms with Crippen molar-refractivity contribution in [1.29, 1.82) is 0 Å². The van der Waals surface area contributed by atoms with Crippen molar-refractivity contribution in [3.05, 3.63) is 28.7 Å². The molecule has 1 aliphatic heterocycles. The van der Waals surface area contributed by atoms with Crippen LogP contribution in [0.4, 0.5) is 0 Å². The standard InChI is InChI=1S/C12H15NO3S/c1-8(2)13-7-11-5-9-3-4-10(14)6-12(9)17(11,15)16/h3-6,8,13-14H,7H2,1-2H3. The summed E-state index contributed by atoms with van der Waals surface area (Å²) in [4.78, 5) is 0.546. The lowest BCUT2D eigenvalue weighted by Gasteiger charge is -2.08. The summed E-state index contributed by atoms with van der Waals surface area (Å²) in [6.07, 6.45) is 1.65. The number of nitrogens with one attached hydrogen (secondary N) is 1. The number of phenolic OH excluding ortho intramolecular Hbond substituents is 1. The highest BCUT2D eigenvalue weighted by atomic mass is 32.2. The lowest BCUT2D eigenvalue weighted by molar-refractivity contribution is 0.473. The van der Waals surface area contributed by atoms with Crippen LogP contribution >= 0.6 is 0 Å². The highest BCUT2D eigenvalue weighted by Gasteiger charge is 2.29. The Morgan fingerprint density at radius 3 is 2.71 bits per heavy atom. The third-order valence-electron chi connectivity index (χ3n) is 2.63. The summed E-state index contributed by atoms with van der Waals surface area (Å²) in [5, 5.41) is 12.4. The van der Waals surface area contributed by atoms with Gasteiger partial charge in [-0.05, 0) is 29.8 Å². The minimum absolute atomic E-state index is 0.0289. The third-order valence-corrected chi connectivity index (χ3v) is 4.52. The molecule has 92 valence electrons. The van der Waals surface area contributed by atoms with Crippen molar-refractivity contribution in [2.24, 2.45) is 0 Å². The van der Waals surface area contributed by atoms with Gasteiger partial charge in [0.25, 0.3) is 0 Å². The lowest BCUT2D eigenvalue weighted by Crippen LogP contribution is -2.26. The monoisotopic (exact) mass is 253 g/mol. The second-order valence-corrected chi connectivity index (χ2v) is 6.34. The Morgan fingerprint density at radius 2 is 2.06 bits per heavy atom. The number of fused-ring (bicyclic) bond motifs is 1. The van der Waals surface area contributed by atoms with Gasteiger partial charge in [-0.1, -0.05) is 13.8 Å². The minimum Gasteiger partial charge on any atom is -0.508 e. The predicted octanol–water partition coefficient (Wildman–Crippen LogP) is 1.52. The summed E-state index contributed by atoms with van der Waals surface area (Å²) in [6.45, 7) is 4.23. The van der Waals surface area contributed by atoms with E-state index >= 15 is 0 Å². The van der Waals surface area contributed by atoms with Crippen LogP contribution in [0.15, 0.2) is 28.0 Å². The predicted molar refractivity (Wildman–Crippen MR) is 66.4 cm³/mol. The summed E-state index contributed by atoms with van der Waals surface area (Å²) in [5.74, 6) is -0.0289. The zero-order valence-electron chi connectivity index (χ0n) is 9.77. The quantitative estimate of drug-likeness (QED) is 0.857. The molecule has 2 rings (SSSR count). The zero-order valence-corrected chi connectivity index (χ0v) is 10.6. The fraction of sp³-hybridized carbons (Fsp3) is 0.333. The number of phenols is 1. The van der Waals surface area contributed by atoms with Crippen LogP contribution in [0.2, 0.25) is 0 Å². The van der Waals surface area contributed by atoms with E-state index in [9.17, 15) is 13.5 Å². The second-order valence-electron chi connectivity index (χ2n) is 4.37. The number of sulfone groups is 1. The van der Waals surface area contributed by atoms with E-state index in [1.54, 1.807) is 12.1 Å². The molecule has 5 heteroatoms. The summed E-state index contributed by atoms with van der Waals surface area (Å²) < 4.78 is 24.3. The first-order chi connectivity index (χ1) is 7.91. The van der Waals surface area contributed by atoms with E-state index in [4.69, 9.17) is 0 Å². The van der Waals surface area contributed by atoms with Crippen molar-refractivity contribution in [2.75, 3.05) is 6.54 Å². The molecule has 0 bridgehead atoms. The molecule has 0 radical (unpaired) electrons. The molecule has 0 saturated carbocycles. The van der Waals surface area contributed by atoms with Gasteiger partial charge in [0.15, 0.2) is 0 Å². The van der Waals surface area contributed by atoms with Crippen LogP contribution in [0.1, 0.15) is 19.4 Å². The molecule has 0 aromatic heterocycles. The normalized spacial score (nSPS) is 17.0. The van der Waals surface area contributed by atoms with Crippen molar-refractivity contribution in [2.45, 2.75) is 24.8 Å². The molecule has 0 unspecified atom stereocenters. The van der Waals surface area contributed by atoms with Crippen LogP contribution in [-0.4, -0.2) is 26.1 Å². The minimum atomic E-state index is -3.43. The first-order valence-corrected chi connectivity index (χ1v) is 6.91. The molecule has 0 saturated heterocycles. The maximum absolute atomic E-state index is 12.1. The maximum Gasteiger partial charge on any atom is 0.204 e. The molecule has 1 heterocycles. The van der Waals surface area contributed by atoms with Crippen molar-refractivity contribution < 1.29 is 13.5 Å². The Hall–Kier alpha value is -1.33. The Bertz CT molecular complexity index is 573. The van der Waals surface area contributed by atoms with Crippen LogP contribution in [0, 0.1) is 0 Å². The molecule has 1 aromatic rings. The summed E-state index contributed by atoms with van der Waals surface area (Å²) in [7, 11) is -3.43. The van der Waals surface area contributed by atoms with Gasteiger partial charge in [-0.3, -0.25) is 0 Å². The second kappa shape index (κ2) is 4.16. The average Bonchev–Trinajstić information content (AvgIpc) is 2.48. The number of hydrogen-bond donors (Lipinski definition) is 2. The van der Waals surface area contributed by atoms with Gasteiger partial charge in [0, 0.05) is 12.6 Å². The molecule has 0 amide bonds. The van der Waals surface area contributed by atoms with Gasteiger partial charge in [-0.15, -0.1) is 0 Å². The van der Waals surface area contributed by atoms with Gasteiger partial charge < -0.3 is 10.4 Å². The van der Waals surface area contributed by atoms with Gasteiger partial charge in [0.2, 0.25) is 9.84 Å². The molecule has 0 aliphatic carbocycles. The Kier molecular flexibility index (Phi) is 2.97. The Labute approximate surface area is 101 Å². The van der Waals surface area contributed by atoms with Gasteiger partial charge in [-0.2, -0.15) is 0 Å². The Morgan fingerprint density at radius 1 is 1.35 bits per heavy atom. The molecular formula is C12H15NO3S. The van der Waals surface area contributed by atoms with Crippen molar-refractivity contribution >= 4 is 15.9 Å². The molecule has 0 fully saturated rings. The van der Waals surface area contributed by atoms with Crippen LogP contribution in [0.25, 0.3) is 6.08 Å². The number of benzene rings is 1. The van der Waals surface area contributed by atoms with Crippen molar-refractivity contribution in [1.82, 2.24) is 5.32 Å². The third kappa shape index (κ3) is 2.21. The highest BCUT2D eigenvalue weighted by Crippen LogP contribution is 2.34. The SMILES string of the molecule is CC(C)NCC1=Cc2ccc(O)cc2S1(=O)=O. The molecule has 0 spiro atoms. The number of aromatic hydroxyl groups is 1. The smallest absolute Gasteiger partial charge is 0.204 e. The van der Waals surface area contributed by atoms with Crippen molar-refractivity contribution in [3.63, 3.8) is 0 Å². The first kappa shape index (κ1) is 12.1. The number of rotatable bonds is 3. The van der Waals surface area contributed by atoms with Crippen LogP contribution in [-0.2, 0) is 9.84 Å². The van der Waals surface area contributed by atoms with Crippen LogP contribution in [0.3, 0.4) is 0 Å². The molecule has 1 aliphatic rings.